The Bertz CT molecular complexity index is 409. The standard InChI is InChI=1S/C13H18F3NOS/c1-9(7-18)8-19-12-4-3-10(6-17-2)5-11(12)13(14,15)16/h3-5,9,17-18H,6-8H2,1-2H3. The van der Waals surface area contributed by atoms with Gasteiger partial charge in [-0.05, 0) is 30.7 Å². The van der Waals surface area contributed by atoms with Crippen molar-refractivity contribution in [2.45, 2.75) is 24.5 Å². The molecule has 0 fully saturated rings. The highest BCUT2D eigenvalue weighted by Crippen LogP contribution is 2.37. The van der Waals surface area contributed by atoms with Crippen LogP contribution in [0, 0.1) is 5.92 Å². The number of aliphatic hydroxyl groups is 1. The first-order valence-corrected chi connectivity index (χ1v) is 6.95. The lowest BCUT2D eigenvalue weighted by atomic mass is 10.1. The molecule has 0 aliphatic heterocycles. The zero-order valence-electron chi connectivity index (χ0n) is 10.9. The second-order valence-corrected chi connectivity index (χ2v) is 5.52. The van der Waals surface area contributed by atoms with Crippen molar-refractivity contribution >= 4 is 11.8 Å². The summed E-state index contributed by atoms with van der Waals surface area (Å²) in [4.78, 5) is 0.215. The summed E-state index contributed by atoms with van der Waals surface area (Å²) in [6.07, 6.45) is -4.35. The topological polar surface area (TPSA) is 32.3 Å². The van der Waals surface area contributed by atoms with Crippen LogP contribution in [0.4, 0.5) is 13.2 Å². The van der Waals surface area contributed by atoms with E-state index in [1.807, 2.05) is 0 Å². The number of halogens is 3. The van der Waals surface area contributed by atoms with Gasteiger partial charge < -0.3 is 10.4 Å². The van der Waals surface area contributed by atoms with Crippen LogP contribution in [-0.2, 0) is 12.7 Å². The smallest absolute Gasteiger partial charge is 0.396 e. The lowest BCUT2D eigenvalue weighted by Crippen LogP contribution is -2.11. The van der Waals surface area contributed by atoms with Gasteiger partial charge in [0.1, 0.15) is 0 Å². The molecule has 0 saturated carbocycles. The molecule has 2 nitrogen and oxygen atoms in total. The number of benzene rings is 1. The lowest BCUT2D eigenvalue weighted by Gasteiger charge is -2.15. The number of thioether (sulfide) groups is 1. The minimum atomic E-state index is -4.35. The molecule has 1 rings (SSSR count). The van der Waals surface area contributed by atoms with Crippen molar-refractivity contribution in [3.05, 3.63) is 29.3 Å². The highest BCUT2D eigenvalue weighted by molar-refractivity contribution is 7.99. The van der Waals surface area contributed by atoms with Crippen molar-refractivity contribution in [2.75, 3.05) is 19.4 Å². The van der Waals surface area contributed by atoms with E-state index < -0.39 is 11.7 Å². The van der Waals surface area contributed by atoms with Crippen LogP contribution in [0.2, 0.25) is 0 Å². The van der Waals surface area contributed by atoms with E-state index in [1.54, 1.807) is 20.0 Å². The van der Waals surface area contributed by atoms with Crippen LogP contribution < -0.4 is 5.32 Å². The Hall–Kier alpha value is -0.720. The van der Waals surface area contributed by atoms with Gasteiger partial charge in [0.2, 0.25) is 0 Å². The van der Waals surface area contributed by atoms with E-state index in [-0.39, 0.29) is 17.4 Å². The summed E-state index contributed by atoms with van der Waals surface area (Å²) in [6, 6.07) is 4.38. The number of nitrogens with one attached hydrogen (secondary N) is 1. The molecule has 1 aromatic rings. The van der Waals surface area contributed by atoms with Gasteiger partial charge in [-0.15, -0.1) is 11.8 Å². The molecular formula is C13H18F3NOS. The van der Waals surface area contributed by atoms with Crippen molar-refractivity contribution in [3.63, 3.8) is 0 Å². The van der Waals surface area contributed by atoms with Crippen LogP contribution in [0.3, 0.4) is 0 Å². The maximum atomic E-state index is 13.0. The van der Waals surface area contributed by atoms with E-state index in [0.717, 1.165) is 11.8 Å². The molecule has 108 valence electrons. The van der Waals surface area contributed by atoms with E-state index in [4.69, 9.17) is 5.11 Å². The lowest BCUT2D eigenvalue weighted by molar-refractivity contribution is -0.139. The largest absolute Gasteiger partial charge is 0.417 e. The summed E-state index contributed by atoms with van der Waals surface area (Å²) in [5.74, 6) is 0.438. The minimum absolute atomic E-state index is 0.0216. The third kappa shape index (κ3) is 5.04. The van der Waals surface area contributed by atoms with Gasteiger partial charge in [0, 0.05) is 23.8 Å². The second-order valence-electron chi connectivity index (χ2n) is 4.46. The van der Waals surface area contributed by atoms with E-state index >= 15 is 0 Å². The Kier molecular flexibility index (Phi) is 6.16. The molecule has 0 amide bonds. The van der Waals surface area contributed by atoms with Crippen molar-refractivity contribution in [2.24, 2.45) is 5.92 Å². The molecule has 19 heavy (non-hydrogen) atoms. The Labute approximate surface area is 115 Å². The maximum Gasteiger partial charge on any atom is 0.417 e. The van der Waals surface area contributed by atoms with E-state index in [2.05, 4.69) is 5.32 Å². The van der Waals surface area contributed by atoms with Crippen LogP contribution in [0.5, 0.6) is 0 Å². The van der Waals surface area contributed by atoms with Crippen molar-refractivity contribution in [1.82, 2.24) is 5.32 Å². The number of aliphatic hydroxyl groups excluding tert-OH is 1. The van der Waals surface area contributed by atoms with Gasteiger partial charge in [0.25, 0.3) is 0 Å². The van der Waals surface area contributed by atoms with Crippen molar-refractivity contribution in [1.29, 1.82) is 0 Å². The predicted octanol–water partition coefficient (Wildman–Crippen LogP) is 3.15. The Morgan fingerprint density at radius 3 is 2.58 bits per heavy atom. The Morgan fingerprint density at radius 2 is 2.05 bits per heavy atom. The summed E-state index contributed by atoms with van der Waals surface area (Å²) < 4.78 is 39.0. The number of alkyl halides is 3. The molecular weight excluding hydrogens is 275 g/mol. The molecule has 2 N–H and O–H groups in total. The van der Waals surface area contributed by atoms with E-state index in [1.165, 1.54) is 12.1 Å². The first-order chi connectivity index (χ1) is 8.88. The zero-order chi connectivity index (χ0) is 14.5. The fraction of sp³-hybridized carbons (Fsp3) is 0.538. The van der Waals surface area contributed by atoms with E-state index in [0.29, 0.717) is 17.9 Å². The zero-order valence-corrected chi connectivity index (χ0v) is 11.7. The normalized spacial score (nSPS) is 13.6. The van der Waals surface area contributed by atoms with Gasteiger partial charge in [0.15, 0.2) is 0 Å². The third-order valence-electron chi connectivity index (χ3n) is 2.57. The van der Waals surface area contributed by atoms with Crippen LogP contribution >= 0.6 is 11.8 Å². The number of hydrogen-bond acceptors (Lipinski definition) is 3. The molecule has 1 atom stereocenters. The predicted molar refractivity (Wildman–Crippen MR) is 71.2 cm³/mol. The molecule has 1 aromatic carbocycles. The average molecular weight is 293 g/mol. The summed E-state index contributed by atoms with van der Waals surface area (Å²) in [6.45, 7) is 2.18. The van der Waals surface area contributed by atoms with Crippen LogP contribution in [0.1, 0.15) is 18.1 Å². The Morgan fingerprint density at radius 1 is 1.37 bits per heavy atom. The first-order valence-electron chi connectivity index (χ1n) is 5.96. The van der Waals surface area contributed by atoms with Gasteiger partial charge in [-0.2, -0.15) is 13.2 Å². The molecule has 6 heteroatoms. The maximum absolute atomic E-state index is 13.0. The highest BCUT2D eigenvalue weighted by Gasteiger charge is 2.33. The first kappa shape index (κ1) is 16.3. The van der Waals surface area contributed by atoms with Gasteiger partial charge in [-0.3, -0.25) is 0 Å². The number of hydrogen-bond donors (Lipinski definition) is 2. The number of rotatable bonds is 6. The van der Waals surface area contributed by atoms with Gasteiger partial charge in [0.05, 0.1) is 5.56 Å². The van der Waals surface area contributed by atoms with E-state index in [9.17, 15) is 13.2 Å². The highest BCUT2D eigenvalue weighted by atomic mass is 32.2. The SMILES string of the molecule is CNCc1ccc(SCC(C)CO)c(C(F)(F)F)c1. The molecule has 0 aliphatic carbocycles. The monoisotopic (exact) mass is 293 g/mol. The molecule has 0 spiro atoms. The minimum Gasteiger partial charge on any atom is -0.396 e. The summed E-state index contributed by atoms with van der Waals surface area (Å²) >= 11 is 1.13. The fourth-order valence-corrected chi connectivity index (χ4v) is 2.59. The molecule has 0 bridgehead atoms. The third-order valence-corrected chi connectivity index (χ3v) is 3.97. The quantitative estimate of drug-likeness (QED) is 0.790. The molecule has 1 unspecified atom stereocenters. The summed E-state index contributed by atoms with van der Waals surface area (Å²) in [5, 5.41) is 11.7. The summed E-state index contributed by atoms with van der Waals surface area (Å²) in [7, 11) is 1.69. The molecule has 0 aromatic heterocycles. The molecule has 0 saturated heterocycles. The molecule has 0 aliphatic rings. The molecule has 0 radical (unpaired) electrons. The van der Waals surface area contributed by atoms with Gasteiger partial charge >= 0.3 is 6.18 Å². The fourth-order valence-electron chi connectivity index (χ4n) is 1.52. The Balaban J connectivity index is 2.96. The van der Waals surface area contributed by atoms with Crippen LogP contribution in [0.15, 0.2) is 23.1 Å². The average Bonchev–Trinajstić information content (AvgIpc) is 2.36. The van der Waals surface area contributed by atoms with Crippen molar-refractivity contribution in [3.8, 4) is 0 Å². The second kappa shape index (κ2) is 7.17. The van der Waals surface area contributed by atoms with Gasteiger partial charge in [-0.25, -0.2) is 0 Å². The molecule has 0 heterocycles. The van der Waals surface area contributed by atoms with Gasteiger partial charge in [-0.1, -0.05) is 13.0 Å². The summed E-state index contributed by atoms with van der Waals surface area (Å²) in [5.41, 5.74) is 0.00442. The van der Waals surface area contributed by atoms with Crippen LogP contribution in [0.25, 0.3) is 0 Å². The van der Waals surface area contributed by atoms with Crippen LogP contribution in [-0.4, -0.2) is 24.5 Å². The van der Waals surface area contributed by atoms with Crippen molar-refractivity contribution < 1.29 is 18.3 Å².